The first kappa shape index (κ1) is 18.4. The van der Waals surface area contributed by atoms with Crippen molar-refractivity contribution in [1.82, 2.24) is 14.9 Å². The standard InChI is InChI=1S/C21H23FN4O2/c1-13-12-25-20-19(13)18(6-7-24-20)28-17-5-4-14(10-15(17)22)11-16(23)21(27)26-8-2-3-9-26/h4-7,10,12,16H,2-3,8-9,11,23H2,1H3,(H,24,25). The van der Waals surface area contributed by atoms with Gasteiger partial charge in [-0.15, -0.1) is 0 Å². The number of halogens is 1. The topological polar surface area (TPSA) is 84.2 Å². The summed E-state index contributed by atoms with van der Waals surface area (Å²) in [5.41, 5.74) is 8.39. The number of nitrogens with two attached hydrogens (primary N) is 1. The summed E-state index contributed by atoms with van der Waals surface area (Å²) in [6.07, 6.45) is 5.78. The van der Waals surface area contributed by atoms with Crippen LogP contribution in [0.25, 0.3) is 11.0 Å². The number of hydrogen-bond donors (Lipinski definition) is 2. The van der Waals surface area contributed by atoms with Gasteiger partial charge in [-0.1, -0.05) is 6.07 Å². The SMILES string of the molecule is Cc1c[nH]c2nccc(Oc3ccc(CC(N)C(=O)N4CCCC4)cc3F)c12. The van der Waals surface area contributed by atoms with Crippen LogP contribution in [0.5, 0.6) is 11.5 Å². The molecule has 0 bridgehead atoms. The second-order valence-electron chi connectivity index (χ2n) is 7.21. The molecular weight excluding hydrogens is 359 g/mol. The van der Waals surface area contributed by atoms with Gasteiger partial charge in [0, 0.05) is 25.5 Å². The molecule has 1 amide bonds. The molecule has 1 aliphatic rings. The van der Waals surface area contributed by atoms with Crippen LogP contribution in [-0.4, -0.2) is 39.9 Å². The van der Waals surface area contributed by atoms with Crippen LogP contribution < -0.4 is 10.5 Å². The molecule has 4 rings (SSSR count). The molecule has 1 atom stereocenters. The van der Waals surface area contributed by atoms with Crippen molar-refractivity contribution in [3.8, 4) is 11.5 Å². The van der Waals surface area contributed by atoms with E-state index in [1.165, 1.54) is 6.07 Å². The van der Waals surface area contributed by atoms with Gasteiger partial charge in [0.05, 0.1) is 11.4 Å². The Morgan fingerprint density at radius 2 is 2.11 bits per heavy atom. The molecular formula is C21H23FN4O2. The van der Waals surface area contributed by atoms with Crippen LogP contribution in [-0.2, 0) is 11.2 Å². The zero-order valence-electron chi connectivity index (χ0n) is 15.7. The van der Waals surface area contributed by atoms with E-state index in [-0.39, 0.29) is 11.7 Å². The lowest BCUT2D eigenvalue weighted by atomic mass is 10.1. The summed E-state index contributed by atoms with van der Waals surface area (Å²) in [7, 11) is 0. The molecule has 0 aliphatic carbocycles. The zero-order valence-corrected chi connectivity index (χ0v) is 15.7. The second-order valence-corrected chi connectivity index (χ2v) is 7.21. The average Bonchev–Trinajstić information content (AvgIpc) is 3.34. The van der Waals surface area contributed by atoms with E-state index >= 15 is 0 Å². The fraction of sp³-hybridized carbons (Fsp3) is 0.333. The second kappa shape index (κ2) is 7.59. The number of carbonyl (C=O) groups is 1. The van der Waals surface area contributed by atoms with Crippen molar-refractivity contribution < 1.29 is 13.9 Å². The summed E-state index contributed by atoms with van der Waals surface area (Å²) >= 11 is 0. The number of hydrogen-bond acceptors (Lipinski definition) is 4. The minimum absolute atomic E-state index is 0.0691. The van der Waals surface area contributed by atoms with Crippen LogP contribution in [0.4, 0.5) is 4.39 Å². The molecule has 0 saturated carbocycles. The highest BCUT2D eigenvalue weighted by Crippen LogP contribution is 2.32. The maximum Gasteiger partial charge on any atom is 0.239 e. The monoisotopic (exact) mass is 382 g/mol. The quantitative estimate of drug-likeness (QED) is 0.709. The van der Waals surface area contributed by atoms with Gasteiger partial charge >= 0.3 is 0 Å². The third kappa shape index (κ3) is 3.57. The molecule has 0 radical (unpaired) electrons. The van der Waals surface area contributed by atoms with Gasteiger partial charge < -0.3 is 20.4 Å². The number of H-pyrrole nitrogens is 1. The molecule has 3 N–H and O–H groups in total. The van der Waals surface area contributed by atoms with E-state index in [0.717, 1.165) is 36.9 Å². The molecule has 1 aliphatic heterocycles. The number of benzene rings is 1. The van der Waals surface area contributed by atoms with Crippen molar-refractivity contribution in [2.75, 3.05) is 13.1 Å². The summed E-state index contributed by atoms with van der Waals surface area (Å²) in [5.74, 6) is 0.101. The smallest absolute Gasteiger partial charge is 0.239 e. The Labute approximate surface area is 162 Å². The number of fused-ring (bicyclic) bond motifs is 1. The van der Waals surface area contributed by atoms with E-state index in [0.29, 0.717) is 23.4 Å². The fourth-order valence-electron chi connectivity index (χ4n) is 3.65. The number of rotatable bonds is 5. The van der Waals surface area contributed by atoms with Crippen LogP contribution in [0.2, 0.25) is 0 Å². The third-order valence-corrected chi connectivity index (χ3v) is 5.14. The Balaban J connectivity index is 1.50. The zero-order chi connectivity index (χ0) is 19.7. The largest absolute Gasteiger partial charge is 0.453 e. The summed E-state index contributed by atoms with van der Waals surface area (Å²) in [5, 5.41) is 0.823. The maximum absolute atomic E-state index is 14.6. The number of nitrogens with zero attached hydrogens (tertiary/aromatic N) is 2. The molecule has 6 nitrogen and oxygen atoms in total. The molecule has 3 heterocycles. The van der Waals surface area contributed by atoms with E-state index in [4.69, 9.17) is 10.5 Å². The summed E-state index contributed by atoms with van der Waals surface area (Å²) < 4.78 is 20.4. The lowest BCUT2D eigenvalue weighted by Crippen LogP contribution is -2.43. The number of likely N-dealkylation sites (tertiary alicyclic amines) is 1. The van der Waals surface area contributed by atoms with Gasteiger partial charge in [0.15, 0.2) is 11.6 Å². The maximum atomic E-state index is 14.6. The predicted molar refractivity (Wildman–Crippen MR) is 105 cm³/mol. The predicted octanol–water partition coefficient (Wildman–Crippen LogP) is 3.29. The summed E-state index contributed by atoms with van der Waals surface area (Å²) in [6.45, 7) is 3.45. The number of nitrogens with one attached hydrogen (secondary N) is 1. The van der Waals surface area contributed by atoms with E-state index in [1.54, 1.807) is 29.3 Å². The molecule has 0 spiro atoms. The number of pyridine rings is 1. The molecule has 146 valence electrons. The number of aryl methyl sites for hydroxylation is 1. The number of aromatic nitrogens is 2. The van der Waals surface area contributed by atoms with Gasteiger partial charge in [0.25, 0.3) is 0 Å². The van der Waals surface area contributed by atoms with Crippen molar-refractivity contribution in [3.05, 3.63) is 53.6 Å². The Bertz CT molecular complexity index is 1010. The first-order valence-corrected chi connectivity index (χ1v) is 9.46. The van der Waals surface area contributed by atoms with E-state index in [2.05, 4.69) is 9.97 Å². The fourth-order valence-corrected chi connectivity index (χ4v) is 3.65. The van der Waals surface area contributed by atoms with E-state index in [1.807, 2.05) is 13.1 Å². The Morgan fingerprint density at radius 1 is 1.32 bits per heavy atom. The average molecular weight is 382 g/mol. The lowest BCUT2D eigenvalue weighted by molar-refractivity contribution is -0.131. The van der Waals surface area contributed by atoms with Crippen molar-refractivity contribution in [1.29, 1.82) is 0 Å². The number of ether oxygens (including phenoxy) is 1. The van der Waals surface area contributed by atoms with Crippen molar-refractivity contribution >= 4 is 16.9 Å². The van der Waals surface area contributed by atoms with Crippen LogP contribution >= 0.6 is 0 Å². The molecule has 3 aromatic rings. The summed E-state index contributed by atoms with van der Waals surface area (Å²) in [4.78, 5) is 21.4. The minimum atomic E-state index is -0.661. The van der Waals surface area contributed by atoms with Crippen molar-refractivity contribution in [2.24, 2.45) is 5.73 Å². The lowest BCUT2D eigenvalue weighted by Gasteiger charge is -2.20. The highest BCUT2D eigenvalue weighted by molar-refractivity contribution is 5.86. The first-order chi connectivity index (χ1) is 13.5. The third-order valence-electron chi connectivity index (χ3n) is 5.14. The molecule has 28 heavy (non-hydrogen) atoms. The van der Waals surface area contributed by atoms with Gasteiger partial charge in [0.1, 0.15) is 11.4 Å². The van der Waals surface area contributed by atoms with Gasteiger partial charge in [-0.25, -0.2) is 9.37 Å². The number of carbonyl (C=O) groups excluding carboxylic acids is 1. The highest BCUT2D eigenvalue weighted by Gasteiger charge is 2.24. The van der Waals surface area contributed by atoms with Gasteiger partial charge in [-0.3, -0.25) is 4.79 Å². The Morgan fingerprint density at radius 3 is 2.86 bits per heavy atom. The Kier molecular flexibility index (Phi) is 5.00. The summed E-state index contributed by atoms with van der Waals surface area (Å²) in [6, 6.07) is 5.76. The number of amides is 1. The normalized spacial score (nSPS) is 15.2. The molecule has 2 aromatic heterocycles. The van der Waals surface area contributed by atoms with Crippen molar-refractivity contribution in [2.45, 2.75) is 32.2 Å². The Hall–Kier alpha value is -2.93. The van der Waals surface area contributed by atoms with Gasteiger partial charge in [0.2, 0.25) is 5.91 Å². The van der Waals surface area contributed by atoms with Crippen molar-refractivity contribution in [3.63, 3.8) is 0 Å². The first-order valence-electron chi connectivity index (χ1n) is 9.46. The van der Waals surface area contributed by atoms with Crippen LogP contribution in [0.15, 0.2) is 36.7 Å². The molecule has 7 heteroatoms. The van der Waals surface area contributed by atoms with Gasteiger partial charge in [-0.05, 0) is 55.5 Å². The van der Waals surface area contributed by atoms with Crippen LogP contribution in [0, 0.1) is 12.7 Å². The van der Waals surface area contributed by atoms with Gasteiger partial charge in [-0.2, -0.15) is 0 Å². The molecule has 1 fully saturated rings. The molecule has 1 saturated heterocycles. The molecule has 1 unspecified atom stereocenters. The van der Waals surface area contributed by atoms with E-state index in [9.17, 15) is 9.18 Å². The van der Waals surface area contributed by atoms with Crippen LogP contribution in [0.1, 0.15) is 24.0 Å². The minimum Gasteiger partial charge on any atom is -0.453 e. The number of aromatic amines is 1. The molecule has 1 aromatic carbocycles. The highest BCUT2D eigenvalue weighted by atomic mass is 19.1. The van der Waals surface area contributed by atoms with E-state index < -0.39 is 11.9 Å². The van der Waals surface area contributed by atoms with Crippen LogP contribution in [0.3, 0.4) is 0 Å².